The summed E-state index contributed by atoms with van der Waals surface area (Å²) >= 11 is 5.78. The predicted octanol–water partition coefficient (Wildman–Crippen LogP) is 1.60. The Morgan fingerprint density at radius 2 is 2.00 bits per heavy atom. The highest BCUT2D eigenvalue weighted by Gasteiger charge is 2.25. The van der Waals surface area contributed by atoms with Crippen molar-refractivity contribution in [2.24, 2.45) is 13.0 Å². The molecule has 0 radical (unpaired) electrons. The van der Waals surface area contributed by atoms with E-state index in [-0.39, 0.29) is 23.3 Å². The molecular formula is C15H18ClN3O4S. The van der Waals surface area contributed by atoms with Gasteiger partial charge in [-0.1, -0.05) is 41.4 Å². The lowest BCUT2D eigenvalue weighted by Crippen LogP contribution is -2.35. The van der Waals surface area contributed by atoms with Crippen LogP contribution in [0.25, 0.3) is 0 Å². The first-order valence-corrected chi connectivity index (χ1v) is 9.02. The minimum absolute atomic E-state index is 0.171. The molecule has 0 spiro atoms. The number of carboxylic acid groups (broad SMARTS) is 1. The molecule has 1 aromatic heterocycles. The number of halogens is 1. The van der Waals surface area contributed by atoms with Crippen LogP contribution in [-0.4, -0.2) is 35.6 Å². The third kappa shape index (κ3) is 4.34. The van der Waals surface area contributed by atoms with E-state index in [1.54, 1.807) is 0 Å². The number of aryl methyl sites for hydroxylation is 1. The topological polar surface area (TPSA) is 101 Å². The second-order valence-electron chi connectivity index (χ2n) is 5.50. The lowest BCUT2D eigenvalue weighted by Gasteiger charge is -2.14. The Morgan fingerprint density at radius 3 is 2.50 bits per heavy atom. The van der Waals surface area contributed by atoms with Crippen molar-refractivity contribution in [1.82, 2.24) is 14.3 Å². The molecule has 2 aromatic rings. The fourth-order valence-corrected chi connectivity index (χ4v) is 3.53. The van der Waals surface area contributed by atoms with Gasteiger partial charge in [-0.2, -0.15) is 0 Å². The van der Waals surface area contributed by atoms with Crippen LogP contribution in [0.1, 0.15) is 11.1 Å². The number of carbonyl (C=O) groups is 1. The number of sulfonamides is 1. The molecule has 0 saturated carbocycles. The second kappa shape index (κ2) is 7.33. The Morgan fingerprint density at radius 1 is 1.38 bits per heavy atom. The zero-order chi connectivity index (χ0) is 17.9. The Kier molecular flexibility index (Phi) is 5.63. The highest BCUT2D eigenvalue weighted by atomic mass is 35.5. The third-order valence-corrected chi connectivity index (χ3v) is 5.36. The van der Waals surface area contributed by atoms with Crippen molar-refractivity contribution in [3.8, 4) is 0 Å². The smallest absolute Gasteiger partial charge is 0.308 e. The second-order valence-corrected chi connectivity index (χ2v) is 7.55. The van der Waals surface area contributed by atoms with Crippen LogP contribution >= 0.6 is 11.6 Å². The SMILES string of the molecule is Cc1ccc(CC(CNS(=O)(=O)c2ncc(Cl)n2C)C(=O)O)cc1. The number of nitrogens with zero attached hydrogens (tertiary/aromatic N) is 2. The van der Waals surface area contributed by atoms with Crippen LogP contribution in [0.2, 0.25) is 5.15 Å². The van der Waals surface area contributed by atoms with E-state index >= 15 is 0 Å². The predicted molar refractivity (Wildman–Crippen MR) is 89.4 cm³/mol. The first kappa shape index (κ1) is 18.4. The number of nitrogens with one attached hydrogen (secondary N) is 1. The molecule has 0 saturated heterocycles. The summed E-state index contributed by atoms with van der Waals surface area (Å²) in [6.45, 7) is 1.70. The zero-order valence-corrected chi connectivity index (χ0v) is 14.8. The number of benzene rings is 1. The first-order valence-electron chi connectivity index (χ1n) is 7.16. The third-order valence-electron chi connectivity index (χ3n) is 3.60. The summed E-state index contributed by atoms with van der Waals surface area (Å²) in [5, 5.41) is 9.25. The molecule has 0 fully saturated rings. The quantitative estimate of drug-likeness (QED) is 0.769. The Labute approximate surface area is 145 Å². The monoisotopic (exact) mass is 371 g/mol. The van der Waals surface area contributed by atoms with Gasteiger partial charge in [0.2, 0.25) is 5.16 Å². The van der Waals surface area contributed by atoms with Crippen molar-refractivity contribution < 1.29 is 18.3 Å². The van der Waals surface area contributed by atoms with E-state index in [4.69, 9.17) is 11.6 Å². The summed E-state index contributed by atoms with van der Waals surface area (Å²) in [5.41, 5.74) is 1.89. The molecule has 130 valence electrons. The molecule has 9 heteroatoms. The van der Waals surface area contributed by atoms with Gasteiger partial charge in [-0.25, -0.2) is 18.1 Å². The summed E-state index contributed by atoms with van der Waals surface area (Å²) in [6.07, 6.45) is 1.44. The van der Waals surface area contributed by atoms with Crippen LogP contribution in [0.3, 0.4) is 0 Å². The van der Waals surface area contributed by atoms with Gasteiger partial charge in [-0.15, -0.1) is 0 Å². The van der Waals surface area contributed by atoms with Crippen molar-refractivity contribution in [3.05, 3.63) is 46.7 Å². The normalized spacial score (nSPS) is 13.0. The number of aromatic nitrogens is 2. The van der Waals surface area contributed by atoms with Crippen LogP contribution in [0.15, 0.2) is 35.6 Å². The standard InChI is InChI=1S/C15H18ClN3O4S/c1-10-3-5-11(6-4-10)7-12(14(20)21)8-18-24(22,23)15-17-9-13(16)19(15)2/h3-6,9,12,18H,7-8H2,1-2H3,(H,20,21). The number of rotatable bonds is 7. The van der Waals surface area contributed by atoms with Gasteiger partial charge in [-0.05, 0) is 18.9 Å². The zero-order valence-electron chi connectivity index (χ0n) is 13.2. The molecule has 0 aliphatic carbocycles. The van der Waals surface area contributed by atoms with E-state index < -0.39 is 21.9 Å². The first-order chi connectivity index (χ1) is 11.2. The van der Waals surface area contributed by atoms with Crippen LogP contribution in [0.5, 0.6) is 0 Å². The van der Waals surface area contributed by atoms with Crippen molar-refractivity contribution >= 4 is 27.6 Å². The van der Waals surface area contributed by atoms with Crippen LogP contribution in [-0.2, 0) is 28.3 Å². The Hall–Kier alpha value is -1.90. The van der Waals surface area contributed by atoms with E-state index in [0.717, 1.165) is 11.1 Å². The maximum absolute atomic E-state index is 12.2. The average Bonchev–Trinajstić information content (AvgIpc) is 2.85. The summed E-state index contributed by atoms with van der Waals surface area (Å²) in [7, 11) is -2.48. The minimum atomic E-state index is -3.94. The molecule has 24 heavy (non-hydrogen) atoms. The maximum atomic E-state index is 12.2. The number of hydrogen-bond acceptors (Lipinski definition) is 4. The summed E-state index contributed by atoms with van der Waals surface area (Å²) < 4.78 is 28.0. The molecule has 7 nitrogen and oxygen atoms in total. The van der Waals surface area contributed by atoms with Gasteiger partial charge in [-0.3, -0.25) is 4.79 Å². The number of hydrogen-bond donors (Lipinski definition) is 2. The van der Waals surface area contributed by atoms with E-state index in [2.05, 4.69) is 9.71 Å². The number of aliphatic carboxylic acids is 1. The Balaban J connectivity index is 2.09. The molecule has 0 bridgehead atoms. The van der Waals surface area contributed by atoms with E-state index in [1.807, 2.05) is 31.2 Å². The molecule has 1 unspecified atom stereocenters. The van der Waals surface area contributed by atoms with Gasteiger partial charge in [0.15, 0.2) is 0 Å². The maximum Gasteiger partial charge on any atom is 0.308 e. The van der Waals surface area contributed by atoms with E-state index in [1.165, 1.54) is 17.8 Å². The molecule has 0 aliphatic rings. The van der Waals surface area contributed by atoms with Gasteiger partial charge < -0.3 is 9.67 Å². The molecule has 1 aromatic carbocycles. The van der Waals surface area contributed by atoms with Crippen molar-refractivity contribution in [1.29, 1.82) is 0 Å². The van der Waals surface area contributed by atoms with Crippen molar-refractivity contribution in [2.45, 2.75) is 18.5 Å². The van der Waals surface area contributed by atoms with Gasteiger partial charge in [0.25, 0.3) is 10.0 Å². The van der Waals surface area contributed by atoms with Gasteiger partial charge in [0, 0.05) is 13.6 Å². The van der Waals surface area contributed by atoms with E-state index in [0.29, 0.717) is 0 Å². The van der Waals surface area contributed by atoms with E-state index in [9.17, 15) is 18.3 Å². The molecule has 2 rings (SSSR count). The highest BCUT2D eigenvalue weighted by molar-refractivity contribution is 7.89. The Bertz CT molecular complexity index is 831. The highest BCUT2D eigenvalue weighted by Crippen LogP contribution is 2.15. The molecular weight excluding hydrogens is 354 g/mol. The minimum Gasteiger partial charge on any atom is -0.481 e. The lowest BCUT2D eigenvalue weighted by atomic mass is 9.99. The van der Waals surface area contributed by atoms with Gasteiger partial charge in [0.1, 0.15) is 5.15 Å². The fourth-order valence-electron chi connectivity index (χ4n) is 2.15. The van der Waals surface area contributed by atoms with Crippen molar-refractivity contribution in [2.75, 3.05) is 6.54 Å². The summed E-state index contributed by atoms with van der Waals surface area (Å²) in [4.78, 5) is 15.2. The molecule has 2 N–H and O–H groups in total. The molecule has 0 amide bonds. The summed E-state index contributed by atoms with van der Waals surface area (Å²) in [5.74, 6) is -1.96. The molecule has 1 heterocycles. The van der Waals surface area contributed by atoms with Gasteiger partial charge in [0.05, 0.1) is 12.1 Å². The number of imidazole rings is 1. The van der Waals surface area contributed by atoms with Crippen LogP contribution in [0, 0.1) is 12.8 Å². The van der Waals surface area contributed by atoms with Gasteiger partial charge >= 0.3 is 5.97 Å². The average molecular weight is 372 g/mol. The molecule has 0 aliphatic heterocycles. The molecule has 1 atom stereocenters. The fraction of sp³-hybridized carbons (Fsp3) is 0.333. The summed E-state index contributed by atoms with van der Waals surface area (Å²) in [6, 6.07) is 7.43. The lowest BCUT2D eigenvalue weighted by molar-refractivity contribution is -0.141. The van der Waals surface area contributed by atoms with Crippen LogP contribution < -0.4 is 4.72 Å². The van der Waals surface area contributed by atoms with Crippen molar-refractivity contribution in [3.63, 3.8) is 0 Å². The number of carboxylic acids is 1. The largest absolute Gasteiger partial charge is 0.481 e. The van der Waals surface area contributed by atoms with Crippen LogP contribution in [0.4, 0.5) is 0 Å².